The van der Waals surface area contributed by atoms with E-state index in [0.29, 0.717) is 21.5 Å². The first kappa shape index (κ1) is 15.7. The van der Waals surface area contributed by atoms with E-state index in [0.717, 1.165) is 16.1 Å². The predicted octanol–water partition coefficient (Wildman–Crippen LogP) is 4.07. The van der Waals surface area contributed by atoms with Gasteiger partial charge in [-0.15, -0.1) is 11.3 Å². The topological polar surface area (TPSA) is 59.8 Å². The van der Waals surface area contributed by atoms with E-state index in [1.165, 1.54) is 11.3 Å². The van der Waals surface area contributed by atoms with Crippen molar-refractivity contribution in [2.24, 2.45) is 7.05 Å². The van der Waals surface area contributed by atoms with Gasteiger partial charge in [-0.3, -0.25) is 14.8 Å². The fraction of sp³-hybridized carbons (Fsp3) is 0.188. The second kappa shape index (κ2) is 6.14. The zero-order chi connectivity index (χ0) is 16.6. The highest BCUT2D eigenvalue weighted by atomic mass is 35.5. The number of benzene rings is 1. The Morgan fingerprint density at radius 1 is 1.30 bits per heavy atom. The van der Waals surface area contributed by atoms with Gasteiger partial charge in [0, 0.05) is 17.5 Å². The first-order valence-electron chi connectivity index (χ1n) is 7.00. The molecule has 3 rings (SSSR count). The maximum Gasteiger partial charge on any atom is 0.275 e. The predicted molar refractivity (Wildman–Crippen MR) is 93.2 cm³/mol. The third-order valence-electron chi connectivity index (χ3n) is 3.51. The summed E-state index contributed by atoms with van der Waals surface area (Å²) in [5.41, 5.74) is 2.83. The average Bonchev–Trinajstić information content (AvgIpc) is 3.02. The molecule has 118 valence electrons. The molecule has 2 aromatic heterocycles. The quantitative estimate of drug-likeness (QED) is 0.777. The number of anilines is 1. The minimum Gasteiger partial charge on any atom is -0.296 e. The summed E-state index contributed by atoms with van der Waals surface area (Å²) in [6.07, 6.45) is 0. The first-order chi connectivity index (χ1) is 11.0. The van der Waals surface area contributed by atoms with Crippen LogP contribution in [0, 0.1) is 13.8 Å². The Balaban J connectivity index is 1.89. The number of nitrogens with zero attached hydrogens (tertiary/aromatic N) is 3. The van der Waals surface area contributed by atoms with Crippen LogP contribution >= 0.6 is 22.9 Å². The van der Waals surface area contributed by atoms with Crippen molar-refractivity contribution in [2.45, 2.75) is 13.8 Å². The number of thiazole rings is 1. The van der Waals surface area contributed by atoms with Crippen molar-refractivity contribution in [2.75, 3.05) is 5.32 Å². The summed E-state index contributed by atoms with van der Waals surface area (Å²) >= 11 is 7.65. The number of amides is 1. The number of hydrogen-bond donors (Lipinski definition) is 1. The van der Waals surface area contributed by atoms with Crippen LogP contribution in [0.1, 0.15) is 21.1 Å². The van der Waals surface area contributed by atoms with Crippen molar-refractivity contribution < 1.29 is 4.79 Å². The minimum absolute atomic E-state index is 0.243. The lowest BCUT2D eigenvalue weighted by Crippen LogP contribution is -2.15. The molecule has 0 radical (unpaired) electrons. The molecule has 23 heavy (non-hydrogen) atoms. The molecule has 5 nitrogen and oxygen atoms in total. The van der Waals surface area contributed by atoms with Gasteiger partial charge in [0.05, 0.1) is 16.4 Å². The van der Waals surface area contributed by atoms with Crippen molar-refractivity contribution in [3.05, 3.63) is 51.6 Å². The van der Waals surface area contributed by atoms with E-state index >= 15 is 0 Å². The van der Waals surface area contributed by atoms with Gasteiger partial charge in [-0.1, -0.05) is 29.8 Å². The Morgan fingerprint density at radius 2 is 2.04 bits per heavy atom. The van der Waals surface area contributed by atoms with Crippen LogP contribution in [0.2, 0.25) is 5.02 Å². The molecule has 7 heteroatoms. The number of rotatable bonds is 3. The van der Waals surface area contributed by atoms with Gasteiger partial charge >= 0.3 is 0 Å². The van der Waals surface area contributed by atoms with Crippen molar-refractivity contribution in [3.63, 3.8) is 0 Å². The van der Waals surface area contributed by atoms with Crippen LogP contribution in [0.5, 0.6) is 0 Å². The second-order valence-corrected chi connectivity index (χ2v) is 6.74. The van der Waals surface area contributed by atoms with E-state index in [4.69, 9.17) is 11.6 Å². The number of carbonyl (C=O) groups excluding carboxylic acids is 1. The Hall–Kier alpha value is -2.18. The molecule has 2 heterocycles. The first-order valence-corrected chi connectivity index (χ1v) is 8.19. The van der Waals surface area contributed by atoms with E-state index in [-0.39, 0.29) is 5.91 Å². The highest BCUT2D eigenvalue weighted by molar-refractivity contribution is 7.15. The van der Waals surface area contributed by atoms with Gasteiger partial charge in [0.2, 0.25) is 0 Å². The Kier molecular flexibility index (Phi) is 4.19. The van der Waals surface area contributed by atoms with Crippen LogP contribution in [0.15, 0.2) is 30.3 Å². The van der Waals surface area contributed by atoms with Crippen molar-refractivity contribution in [3.8, 4) is 11.3 Å². The normalized spacial score (nSPS) is 10.8. The fourth-order valence-corrected chi connectivity index (χ4v) is 3.21. The zero-order valence-electron chi connectivity index (χ0n) is 12.9. The largest absolute Gasteiger partial charge is 0.296 e. The molecule has 0 aliphatic heterocycles. The molecule has 0 saturated carbocycles. The summed E-state index contributed by atoms with van der Waals surface area (Å²) in [5, 5.41) is 8.39. The van der Waals surface area contributed by atoms with Crippen molar-refractivity contribution in [1.82, 2.24) is 14.8 Å². The highest BCUT2D eigenvalue weighted by Crippen LogP contribution is 2.27. The molecule has 1 amide bonds. The van der Waals surface area contributed by atoms with Gasteiger partial charge in [0.1, 0.15) is 5.69 Å². The number of nitrogens with one attached hydrogen (secondary N) is 1. The van der Waals surface area contributed by atoms with Crippen LogP contribution in [-0.2, 0) is 7.05 Å². The Labute approximate surface area is 142 Å². The molecule has 0 atom stereocenters. The molecule has 0 bridgehead atoms. The molecular formula is C16H15ClN4OS. The monoisotopic (exact) mass is 346 g/mol. The average molecular weight is 347 g/mol. The van der Waals surface area contributed by atoms with Crippen LogP contribution in [-0.4, -0.2) is 20.7 Å². The molecule has 0 aliphatic carbocycles. The van der Waals surface area contributed by atoms with Gasteiger partial charge < -0.3 is 0 Å². The van der Waals surface area contributed by atoms with Crippen LogP contribution in [0.25, 0.3) is 11.3 Å². The molecule has 1 aromatic carbocycles. The third kappa shape index (κ3) is 3.13. The van der Waals surface area contributed by atoms with Crippen LogP contribution < -0.4 is 5.32 Å². The number of hydrogen-bond acceptors (Lipinski definition) is 4. The van der Waals surface area contributed by atoms with E-state index in [1.54, 1.807) is 23.9 Å². The van der Waals surface area contributed by atoms with Gasteiger partial charge in [-0.2, -0.15) is 5.10 Å². The standard InChI is InChI=1S/C16H15ClN4OS/c1-9-10(2)23-16(18-9)19-15(22)14-8-13(20-21(14)3)11-6-4-5-7-12(11)17/h4-8H,1-3H3,(H,18,19,22). The van der Waals surface area contributed by atoms with Gasteiger partial charge in [0.25, 0.3) is 5.91 Å². The SMILES string of the molecule is Cc1nc(NC(=O)c2cc(-c3ccccc3Cl)nn2C)sc1C. The summed E-state index contributed by atoms with van der Waals surface area (Å²) in [6.45, 7) is 3.89. The number of halogens is 1. The van der Waals surface area contributed by atoms with Gasteiger partial charge in [-0.05, 0) is 26.0 Å². The lowest BCUT2D eigenvalue weighted by Gasteiger charge is -2.00. The summed E-state index contributed by atoms with van der Waals surface area (Å²) in [5.74, 6) is -0.243. The smallest absolute Gasteiger partial charge is 0.275 e. The lowest BCUT2D eigenvalue weighted by molar-refractivity contribution is 0.101. The number of aromatic nitrogens is 3. The maximum absolute atomic E-state index is 12.4. The van der Waals surface area contributed by atoms with Gasteiger partial charge in [0.15, 0.2) is 5.13 Å². The number of aryl methyl sites for hydroxylation is 3. The Bertz CT molecular complexity index is 865. The molecular weight excluding hydrogens is 332 g/mol. The summed E-state index contributed by atoms with van der Waals surface area (Å²) in [4.78, 5) is 17.9. The maximum atomic E-state index is 12.4. The fourth-order valence-electron chi connectivity index (χ4n) is 2.17. The molecule has 0 unspecified atom stereocenters. The second-order valence-electron chi connectivity index (χ2n) is 5.13. The van der Waals surface area contributed by atoms with Crippen molar-refractivity contribution in [1.29, 1.82) is 0 Å². The van der Waals surface area contributed by atoms with E-state index in [2.05, 4.69) is 15.4 Å². The summed E-state index contributed by atoms with van der Waals surface area (Å²) < 4.78 is 1.54. The highest BCUT2D eigenvalue weighted by Gasteiger charge is 2.17. The summed E-state index contributed by atoms with van der Waals surface area (Å²) in [7, 11) is 1.73. The van der Waals surface area contributed by atoms with Crippen LogP contribution in [0.3, 0.4) is 0 Å². The van der Waals surface area contributed by atoms with Gasteiger partial charge in [-0.25, -0.2) is 4.98 Å². The molecule has 0 aliphatic rings. The van der Waals surface area contributed by atoms with E-state index < -0.39 is 0 Å². The van der Waals surface area contributed by atoms with Crippen LogP contribution in [0.4, 0.5) is 5.13 Å². The molecule has 0 spiro atoms. The zero-order valence-corrected chi connectivity index (χ0v) is 14.5. The minimum atomic E-state index is -0.243. The lowest BCUT2D eigenvalue weighted by atomic mass is 10.1. The number of carbonyl (C=O) groups is 1. The molecule has 1 N–H and O–H groups in total. The van der Waals surface area contributed by atoms with Crippen molar-refractivity contribution >= 4 is 34.0 Å². The Morgan fingerprint density at radius 3 is 2.70 bits per heavy atom. The third-order valence-corrected chi connectivity index (χ3v) is 4.83. The molecule has 0 fully saturated rings. The molecule has 3 aromatic rings. The molecule has 0 saturated heterocycles. The van der Waals surface area contributed by atoms with E-state index in [9.17, 15) is 4.79 Å². The van der Waals surface area contributed by atoms with E-state index in [1.807, 2.05) is 32.0 Å². The summed E-state index contributed by atoms with van der Waals surface area (Å²) in [6, 6.07) is 9.14.